The van der Waals surface area contributed by atoms with Crippen molar-refractivity contribution in [1.29, 1.82) is 0 Å². The number of nitrogens with zero attached hydrogens (tertiary/aromatic N) is 1. The van der Waals surface area contributed by atoms with Crippen molar-refractivity contribution in [3.63, 3.8) is 0 Å². The lowest BCUT2D eigenvalue weighted by Gasteiger charge is -2.27. The summed E-state index contributed by atoms with van der Waals surface area (Å²) < 4.78 is 10.1. The summed E-state index contributed by atoms with van der Waals surface area (Å²) >= 11 is 1.24. The molecule has 2 N–H and O–H groups in total. The maximum Gasteiger partial charge on any atom is 0.337 e. The number of hydrogen-bond acceptors (Lipinski definition) is 7. The van der Waals surface area contributed by atoms with Gasteiger partial charge in [-0.05, 0) is 59.3 Å². The number of aliphatic hydroxyl groups is 1. The summed E-state index contributed by atoms with van der Waals surface area (Å²) in [6.07, 6.45) is 2.36. The number of aromatic nitrogens is 1. The Kier molecular flexibility index (Phi) is 6.54. The Bertz CT molecular complexity index is 1520. The number of fused-ring (bicyclic) bond motifs is 1. The Morgan fingerprint density at radius 2 is 1.89 bits per heavy atom. The molecule has 1 aliphatic heterocycles. The molecule has 0 bridgehead atoms. The number of aromatic amines is 1. The van der Waals surface area contributed by atoms with Crippen molar-refractivity contribution in [3.8, 4) is 5.75 Å². The second kappa shape index (κ2) is 9.94. The van der Waals surface area contributed by atoms with Crippen molar-refractivity contribution in [2.24, 2.45) is 0 Å². The number of H-pyrrole nitrogens is 1. The highest BCUT2D eigenvalue weighted by Gasteiger charge is 2.43. The van der Waals surface area contributed by atoms with Crippen LogP contribution in [0.1, 0.15) is 37.2 Å². The molecule has 0 aliphatic carbocycles. The minimum absolute atomic E-state index is 0.0267. The van der Waals surface area contributed by atoms with E-state index < -0.39 is 29.5 Å². The average molecular weight is 517 g/mol. The van der Waals surface area contributed by atoms with Crippen LogP contribution in [0.3, 0.4) is 0 Å². The molecule has 4 aromatic rings. The molecule has 1 amide bonds. The van der Waals surface area contributed by atoms with Crippen LogP contribution in [0.2, 0.25) is 0 Å². The van der Waals surface area contributed by atoms with Crippen LogP contribution in [0, 0.1) is 0 Å². The lowest BCUT2D eigenvalue weighted by molar-refractivity contribution is -0.129. The third kappa shape index (κ3) is 4.38. The number of aliphatic hydroxyl groups excluding tert-OH is 1. The van der Waals surface area contributed by atoms with Crippen LogP contribution in [0.15, 0.2) is 77.5 Å². The SMILES string of the molecule is COC(=O)c1ccc(C2C(C(=O)c3cccs3)=C(O)C(=O)N2CCc2c[nH]c3ccc(OC)cc23)cc1. The molecule has 1 unspecified atom stereocenters. The first-order valence-electron chi connectivity index (χ1n) is 11.6. The van der Waals surface area contributed by atoms with Crippen LogP contribution in [-0.4, -0.2) is 53.4 Å². The van der Waals surface area contributed by atoms with E-state index in [1.54, 1.807) is 48.9 Å². The van der Waals surface area contributed by atoms with E-state index in [2.05, 4.69) is 4.98 Å². The van der Waals surface area contributed by atoms with Gasteiger partial charge in [0, 0.05) is 23.6 Å². The van der Waals surface area contributed by atoms with Crippen LogP contribution in [0.25, 0.3) is 10.9 Å². The van der Waals surface area contributed by atoms with Gasteiger partial charge < -0.3 is 24.5 Å². The zero-order valence-corrected chi connectivity index (χ0v) is 21.0. The summed E-state index contributed by atoms with van der Waals surface area (Å²) in [6, 6.07) is 14.8. The number of carbonyl (C=O) groups is 3. The number of amides is 1. The van der Waals surface area contributed by atoms with E-state index in [-0.39, 0.29) is 12.1 Å². The Balaban J connectivity index is 1.51. The minimum Gasteiger partial charge on any atom is -0.503 e. The number of ether oxygens (including phenoxy) is 2. The van der Waals surface area contributed by atoms with E-state index in [0.717, 1.165) is 22.2 Å². The molecular weight excluding hydrogens is 492 g/mol. The highest BCUT2D eigenvalue weighted by Crippen LogP contribution is 2.40. The van der Waals surface area contributed by atoms with Gasteiger partial charge in [-0.3, -0.25) is 9.59 Å². The van der Waals surface area contributed by atoms with Gasteiger partial charge in [0.1, 0.15) is 5.75 Å². The van der Waals surface area contributed by atoms with Crippen molar-refractivity contribution in [3.05, 3.63) is 99.1 Å². The molecule has 2 aromatic heterocycles. The fourth-order valence-corrected chi connectivity index (χ4v) is 5.33. The van der Waals surface area contributed by atoms with Gasteiger partial charge in [0.25, 0.3) is 5.91 Å². The zero-order chi connectivity index (χ0) is 26.1. The molecule has 0 saturated heterocycles. The van der Waals surface area contributed by atoms with Crippen LogP contribution in [-0.2, 0) is 16.0 Å². The summed E-state index contributed by atoms with van der Waals surface area (Å²) in [5.41, 5.74) is 2.88. The van der Waals surface area contributed by atoms with Gasteiger partial charge in [0.2, 0.25) is 5.78 Å². The number of Topliss-reactive ketones (excluding diaryl/α,β-unsaturated/α-hetero) is 1. The predicted octanol–water partition coefficient (Wildman–Crippen LogP) is 4.85. The van der Waals surface area contributed by atoms with Gasteiger partial charge in [-0.2, -0.15) is 0 Å². The molecule has 8 nitrogen and oxygen atoms in total. The second-order valence-electron chi connectivity index (χ2n) is 8.56. The smallest absolute Gasteiger partial charge is 0.337 e. The summed E-state index contributed by atoms with van der Waals surface area (Å²) in [6.45, 7) is 0.248. The minimum atomic E-state index is -0.812. The monoisotopic (exact) mass is 516 g/mol. The van der Waals surface area contributed by atoms with E-state index in [0.29, 0.717) is 22.4 Å². The van der Waals surface area contributed by atoms with Gasteiger partial charge in [0.15, 0.2) is 5.76 Å². The first kappa shape index (κ1) is 24.3. The molecule has 3 heterocycles. The van der Waals surface area contributed by atoms with Crippen LogP contribution < -0.4 is 4.74 Å². The van der Waals surface area contributed by atoms with Gasteiger partial charge in [-0.25, -0.2) is 4.79 Å². The molecular formula is C28H24N2O6S. The Labute approximate surface area is 216 Å². The van der Waals surface area contributed by atoms with Crippen molar-refractivity contribution in [2.45, 2.75) is 12.5 Å². The number of hydrogen-bond donors (Lipinski definition) is 2. The number of nitrogens with one attached hydrogen (secondary N) is 1. The Hall–Kier alpha value is -4.37. The third-order valence-electron chi connectivity index (χ3n) is 6.54. The molecule has 188 valence electrons. The Morgan fingerprint density at radius 1 is 1.11 bits per heavy atom. The second-order valence-corrected chi connectivity index (χ2v) is 9.51. The molecule has 0 fully saturated rings. The summed E-state index contributed by atoms with van der Waals surface area (Å²) in [5.74, 6) is -1.34. The van der Waals surface area contributed by atoms with Gasteiger partial charge in [0.05, 0.1) is 36.3 Å². The van der Waals surface area contributed by atoms with Gasteiger partial charge in [-0.1, -0.05) is 18.2 Å². The highest BCUT2D eigenvalue weighted by atomic mass is 32.1. The van der Waals surface area contributed by atoms with Crippen molar-refractivity contribution in [1.82, 2.24) is 9.88 Å². The molecule has 9 heteroatoms. The number of methoxy groups -OCH3 is 2. The van der Waals surface area contributed by atoms with E-state index in [1.165, 1.54) is 23.3 Å². The number of thiophene rings is 1. The van der Waals surface area contributed by atoms with E-state index in [1.807, 2.05) is 24.4 Å². The topological polar surface area (TPSA) is 109 Å². The van der Waals surface area contributed by atoms with E-state index in [4.69, 9.17) is 9.47 Å². The van der Waals surface area contributed by atoms with Crippen LogP contribution in [0.5, 0.6) is 5.75 Å². The van der Waals surface area contributed by atoms with Crippen molar-refractivity contribution in [2.75, 3.05) is 20.8 Å². The third-order valence-corrected chi connectivity index (χ3v) is 7.41. The quantitative estimate of drug-likeness (QED) is 0.256. The largest absolute Gasteiger partial charge is 0.503 e. The molecule has 37 heavy (non-hydrogen) atoms. The molecule has 1 aliphatic rings. The lowest BCUT2D eigenvalue weighted by Crippen LogP contribution is -2.33. The number of ketones is 1. The molecule has 0 spiro atoms. The fraction of sp³-hybridized carbons (Fsp3) is 0.179. The standard InChI is InChI=1S/C28H24N2O6S/c1-35-19-9-10-21-20(14-19)18(15-29-21)11-12-30-24(16-5-7-17(8-6-16)28(34)36-2)23(26(32)27(30)33)25(31)22-4-3-13-37-22/h3-10,13-15,24,29,32H,11-12H2,1-2H3. The maximum absolute atomic E-state index is 13.4. The number of carbonyl (C=O) groups excluding carboxylic acids is 3. The Morgan fingerprint density at radius 3 is 2.57 bits per heavy atom. The van der Waals surface area contributed by atoms with Gasteiger partial charge >= 0.3 is 5.97 Å². The number of rotatable bonds is 8. The first-order chi connectivity index (χ1) is 17.9. The van der Waals surface area contributed by atoms with E-state index >= 15 is 0 Å². The highest BCUT2D eigenvalue weighted by molar-refractivity contribution is 7.12. The van der Waals surface area contributed by atoms with Gasteiger partial charge in [-0.15, -0.1) is 11.3 Å². The lowest BCUT2D eigenvalue weighted by atomic mass is 9.94. The van der Waals surface area contributed by atoms with Crippen molar-refractivity contribution >= 4 is 39.9 Å². The normalized spacial score (nSPS) is 15.5. The molecule has 5 rings (SSSR count). The summed E-state index contributed by atoms with van der Waals surface area (Å²) in [4.78, 5) is 43.8. The number of benzene rings is 2. The average Bonchev–Trinajstić information content (AvgIpc) is 3.66. The fourth-order valence-electron chi connectivity index (χ4n) is 4.65. The zero-order valence-electron chi connectivity index (χ0n) is 20.2. The first-order valence-corrected chi connectivity index (χ1v) is 12.5. The number of esters is 1. The summed E-state index contributed by atoms with van der Waals surface area (Å²) in [5, 5.41) is 13.6. The van der Waals surface area contributed by atoms with Crippen LogP contribution >= 0.6 is 11.3 Å². The predicted molar refractivity (Wildman–Crippen MR) is 139 cm³/mol. The maximum atomic E-state index is 13.4. The molecule has 0 saturated carbocycles. The summed E-state index contributed by atoms with van der Waals surface area (Å²) in [7, 11) is 2.90. The molecule has 2 aromatic carbocycles. The van der Waals surface area contributed by atoms with Crippen molar-refractivity contribution < 1.29 is 29.0 Å². The molecule has 1 atom stereocenters. The van der Waals surface area contributed by atoms with Crippen LogP contribution in [0.4, 0.5) is 0 Å². The van der Waals surface area contributed by atoms with E-state index in [9.17, 15) is 19.5 Å². The molecule has 0 radical (unpaired) electrons.